The predicted octanol–water partition coefficient (Wildman–Crippen LogP) is 1.12. The molecule has 14 heavy (non-hydrogen) atoms. The van der Waals surface area contributed by atoms with E-state index in [-0.39, 0.29) is 18.8 Å². The molecule has 4 heteroatoms. The molecule has 0 aliphatic rings. The minimum atomic E-state index is -0.493. The Balaban J connectivity index is 3.85. The molecular weight excluding hydrogens is 184 g/mol. The Hall–Kier alpha value is -1.19. The lowest BCUT2D eigenvalue weighted by atomic mass is 10.0. The Morgan fingerprint density at radius 3 is 2.14 bits per heavy atom. The first kappa shape index (κ1) is 12.8. The maximum atomic E-state index is 11.1. The zero-order valence-electron chi connectivity index (χ0n) is 8.83. The standard InChI is InChI=1S/C10H16O4/c1-4-14-9(12)6-5-8(11)10(13)7(2)3/h7H,4-6H2,1-3H3. The summed E-state index contributed by atoms with van der Waals surface area (Å²) in [6.07, 6.45) is -0.0546. The van der Waals surface area contributed by atoms with E-state index in [1.807, 2.05) is 0 Å². The van der Waals surface area contributed by atoms with Crippen molar-refractivity contribution in [3.8, 4) is 0 Å². The maximum absolute atomic E-state index is 11.1. The Morgan fingerprint density at radius 2 is 1.71 bits per heavy atom. The molecule has 0 saturated carbocycles. The van der Waals surface area contributed by atoms with Crippen molar-refractivity contribution in [2.45, 2.75) is 33.6 Å². The molecule has 0 heterocycles. The van der Waals surface area contributed by atoms with Gasteiger partial charge in [0.15, 0.2) is 5.78 Å². The van der Waals surface area contributed by atoms with Crippen molar-refractivity contribution < 1.29 is 19.1 Å². The quantitative estimate of drug-likeness (QED) is 0.476. The second kappa shape index (κ2) is 6.29. The molecular formula is C10H16O4. The van der Waals surface area contributed by atoms with Crippen LogP contribution in [0.3, 0.4) is 0 Å². The third-order valence-corrected chi connectivity index (χ3v) is 1.66. The third-order valence-electron chi connectivity index (χ3n) is 1.66. The van der Waals surface area contributed by atoms with E-state index in [2.05, 4.69) is 4.74 Å². The Bertz CT molecular complexity index is 230. The molecule has 0 saturated heterocycles. The molecule has 0 bridgehead atoms. The van der Waals surface area contributed by atoms with Crippen LogP contribution < -0.4 is 0 Å². The highest BCUT2D eigenvalue weighted by atomic mass is 16.5. The Kier molecular flexibility index (Phi) is 5.76. The fraction of sp³-hybridized carbons (Fsp3) is 0.700. The van der Waals surface area contributed by atoms with Crippen molar-refractivity contribution >= 4 is 17.5 Å². The lowest BCUT2D eigenvalue weighted by Gasteiger charge is -2.02. The van der Waals surface area contributed by atoms with E-state index in [4.69, 9.17) is 0 Å². The number of carbonyl (C=O) groups excluding carboxylic acids is 3. The summed E-state index contributed by atoms with van der Waals surface area (Å²) in [5.41, 5.74) is 0. The van der Waals surface area contributed by atoms with Gasteiger partial charge in [0, 0.05) is 12.3 Å². The first-order valence-corrected chi connectivity index (χ1v) is 4.71. The lowest BCUT2D eigenvalue weighted by molar-refractivity contribution is -0.145. The third kappa shape index (κ3) is 4.74. The molecule has 0 spiro atoms. The molecule has 0 rings (SSSR count). The molecule has 80 valence electrons. The molecule has 4 nitrogen and oxygen atoms in total. The lowest BCUT2D eigenvalue weighted by Crippen LogP contribution is -2.20. The zero-order valence-corrected chi connectivity index (χ0v) is 8.83. The van der Waals surface area contributed by atoms with E-state index in [9.17, 15) is 14.4 Å². The second-order valence-electron chi connectivity index (χ2n) is 3.25. The first-order chi connectivity index (χ1) is 6.49. The van der Waals surface area contributed by atoms with E-state index in [0.717, 1.165) is 0 Å². The zero-order chi connectivity index (χ0) is 11.1. The summed E-state index contributed by atoms with van der Waals surface area (Å²) in [5, 5.41) is 0. The highest BCUT2D eigenvalue weighted by Crippen LogP contribution is 2.01. The molecule has 0 aromatic carbocycles. The number of rotatable bonds is 6. The Labute approximate surface area is 83.6 Å². The fourth-order valence-electron chi connectivity index (χ4n) is 0.894. The summed E-state index contributed by atoms with van der Waals surface area (Å²) in [4.78, 5) is 33.1. The molecule has 0 aliphatic heterocycles. The van der Waals surface area contributed by atoms with Crippen LogP contribution in [-0.4, -0.2) is 24.1 Å². The van der Waals surface area contributed by atoms with Gasteiger partial charge in [-0.1, -0.05) is 13.8 Å². The molecule has 0 amide bonds. The van der Waals surface area contributed by atoms with E-state index >= 15 is 0 Å². The summed E-state index contributed by atoms with van der Waals surface area (Å²) >= 11 is 0. The molecule has 0 atom stereocenters. The number of ether oxygens (including phenoxy) is 1. The van der Waals surface area contributed by atoms with E-state index < -0.39 is 17.5 Å². The largest absolute Gasteiger partial charge is 0.466 e. The average Bonchev–Trinajstić information content (AvgIpc) is 2.13. The van der Waals surface area contributed by atoms with Crippen LogP contribution in [0.15, 0.2) is 0 Å². The van der Waals surface area contributed by atoms with Crippen LogP contribution >= 0.6 is 0 Å². The van der Waals surface area contributed by atoms with Gasteiger partial charge in [0.1, 0.15) is 0 Å². The monoisotopic (exact) mass is 200 g/mol. The van der Waals surface area contributed by atoms with Crippen molar-refractivity contribution in [3.63, 3.8) is 0 Å². The highest BCUT2D eigenvalue weighted by Gasteiger charge is 2.18. The van der Waals surface area contributed by atoms with Crippen molar-refractivity contribution in [2.75, 3.05) is 6.61 Å². The van der Waals surface area contributed by atoms with Crippen molar-refractivity contribution in [3.05, 3.63) is 0 Å². The van der Waals surface area contributed by atoms with Crippen LogP contribution in [0.4, 0.5) is 0 Å². The smallest absolute Gasteiger partial charge is 0.306 e. The van der Waals surface area contributed by atoms with E-state index in [0.29, 0.717) is 6.61 Å². The minimum Gasteiger partial charge on any atom is -0.466 e. The van der Waals surface area contributed by atoms with Crippen LogP contribution in [-0.2, 0) is 19.1 Å². The van der Waals surface area contributed by atoms with Gasteiger partial charge in [-0.3, -0.25) is 14.4 Å². The number of hydrogen-bond donors (Lipinski definition) is 0. The van der Waals surface area contributed by atoms with E-state index in [1.165, 1.54) is 0 Å². The molecule has 0 unspecified atom stereocenters. The molecule has 0 fully saturated rings. The summed E-state index contributed by atoms with van der Waals surface area (Å²) in [6, 6.07) is 0. The van der Waals surface area contributed by atoms with Gasteiger partial charge in [-0.2, -0.15) is 0 Å². The normalized spacial score (nSPS) is 10.0. The molecule has 0 aliphatic carbocycles. The second-order valence-corrected chi connectivity index (χ2v) is 3.25. The molecule has 0 aromatic heterocycles. The van der Waals surface area contributed by atoms with Gasteiger partial charge in [-0.25, -0.2) is 0 Å². The minimum absolute atomic E-state index is 0.00880. The van der Waals surface area contributed by atoms with Gasteiger partial charge in [-0.15, -0.1) is 0 Å². The van der Waals surface area contributed by atoms with Crippen LogP contribution in [0.5, 0.6) is 0 Å². The molecule has 0 N–H and O–H groups in total. The first-order valence-electron chi connectivity index (χ1n) is 4.71. The summed E-state index contributed by atoms with van der Waals surface area (Å²) in [5.74, 6) is -1.65. The number of carbonyl (C=O) groups is 3. The Morgan fingerprint density at radius 1 is 1.14 bits per heavy atom. The molecule has 0 radical (unpaired) electrons. The van der Waals surface area contributed by atoms with E-state index in [1.54, 1.807) is 20.8 Å². The van der Waals surface area contributed by atoms with Gasteiger partial charge < -0.3 is 4.74 Å². The summed E-state index contributed by atoms with van der Waals surface area (Å²) < 4.78 is 4.63. The van der Waals surface area contributed by atoms with Gasteiger partial charge in [-0.05, 0) is 6.92 Å². The number of ketones is 2. The SMILES string of the molecule is CCOC(=O)CCC(=O)C(=O)C(C)C. The van der Waals surface area contributed by atoms with Crippen molar-refractivity contribution in [1.29, 1.82) is 0 Å². The summed E-state index contributed by atoms with van der Waals surface area (Å²) in [6.45, 7) is 5.30. The van der Waals surface area contributed by atoms with Crippen LogP contribution in [0.2, 0.25) is 0 Å². The fourth-order valence-corrected chi connectivity index (χ4v) is 0.894. The van der Waals surface area contributed by atoms with Crippen LogP contribution in [0.1, 0.15) is 33.6 Å². The number of Topliss-reactive ketones (excluding diaryl/α,β-unsaturated/α-hetero) is 2. The van der Waals surface area contributed by atoms with Gasteiger partial charge >= 0.3 is 5.97 Å². The predicted molar refractivity (Wildman–Crippen MR) is 50.7 cm³/mol. The van der Waals surface area contributed by atoms with Crippen LogP contribution in [0, 0.1) is 5.92 Å². The van der Waals surface area contributed by atoms with Crippen molar-refractivity contribution in [2.24, 2.45) is 5.92 Å². The van der Waals surface area contributed by atoms with Gasteiger partial charge in [0.05, 0.1) is 13.0 Å². The number of hydrogen-bond acceptors (Lipinski definition) is 4. The topological polar surface area (TPSA) is 60.4 Å². The van der Waals surface area contributed by atoms with Crippen LogP contribution in [0.25, 0.3) is 0 Å². The summed E-state index contributed by atoms with van der Waals surface area (Å²) in [7, 11) is 0. The van der Waals surface area contributed by atoms with Crippen molar-refractivity contribution in [1.82, 2.24) is 0 Å². The maximum Gasteiger partial charge on any atom is 0.306 e. The molecule has 0 aromatic rings. The average molecular weight is 200 g/mol. The highest BCUT2D eigenvalue weighted by molar-refractivity contribution is 6.37. The van der Waals surface area contributed by atoms with Gasteiger partial charge in [0.2, 0.25) is 5.78 Å². The number of esters is 1. The van der Waals surface area contributed by atoms with Gasteiger partial charge in [0.25, 0.3) is 0 Å².